The van der Waals surface area contributed by atoms with E-state index in [0.29, 0.717) is 12.8 Å². The molecule has 0 heterocycles. The summed E-state index contributed by atoms with van der Waals surface area (Å²) in [7, 11) is 0. The Labute approximate surface area is 68.2 Å². The van der Waals surface area contributed by atoms with Gasteiger partial charge >= 0.3 is 31.1 Å². The summed E-state index contributed by atoms with van der Waals surface area (Å²) in [5.74, 6) is 0.120. The Morgan fingerprint density at radius 2 is 1.57 bits per heavy atom. The van der Waals surface area contributed by atoms with Gasteiger partial charge in [-0.05, 0) is 0 Å². The molecule has 0 atom stereocenters. The first kappa shape index (κ1) is 10.7. The number of hydrogen-bond donors (Lipinski definition) is 0. The van der Waals surface area contributed by atoms with Crippen LogP contribution >= 0.6 is 0 Å². The molecule has 0 saturated carbocycles. The predicted octanol–water partition coefficient (Wildman–Crippen LogP) is 1.00. The van der Waals surface area contributed by atoms with Crippen molar-refractivity contribution >= 4 is 5.78 Å². The van der Waals surface area contributed by atoms with Gasteiger partial charge in [0, 0.05) is 0 Å². The molecule has 0 amide bonds. The van der Waals surface area contributed by atoms with Gasteiger partial charge < -0.3 is 18.6 Å². The third-order valence-electron chi connectivity index (χ3n) is 0.558. The van der Waals surface area contributed by atoms with Crippen LogP contribution in [-0.2, 0) is 4.79 Å². The molecule has 0 fully saturated rings. The number of carbonyl (C=O) groups is 1. The van der Waals surface area contributed by atoms with Crippen LogP contribution in [-0.4, -0.2) is 5.78 Å². The van der Waals surface area contributed by atoms with Crippen molar-refractivity contribution in [2.24, 2.45) is 0 Å². The number of Topliss-reactive ketones (excluding diaryl/α,β-unsaturated/α-hetero) is 1. The van der Waals surface area contributed by atoms with Crippen LogP contribution < -0.4 is 0 Å². The van der Waals surface area contributed by atoms with Crippen LogP contribution in [0.15, 0.2) is 0 Å². The Hall–Kier alpha value is 0.722. The second kappa shape index (κ2) is 6.72. The van der Waals surface area contributed by atoms with E-state index in [1.54, 1.807) is 0 Å². The average molecular weight is 322 g/mol. The van der Waals surface area contributed by atoms with Crippen LogP contribution in [0.3, 0.4) is 0 Å². The summed E-state index contributed by atoms with van der Waals surface area (Å²) in [6.45, 7) is 6.73. The molecule has 7 heavy (non-hydrogen) atoms. The fraction of sp³-hybridized carbons (Fsp3) is 0.400. The summed E-state index contributed by atoms with van der Waals surface area (Å²) in [5, 5.41) is 0. The molecular formula is C5H8OU. The van der Waals surface area contributed by atoms with Gasteiger partial charge in [-0.2, -0.15) is 0 Å². The second-order valence-corrected chi connectivity index (χ2v) is 1.04. The van der Waals surface area contributed by atoms with Crippen molar-refractivity contribution in [1.82, 2.24) is 0 Å². The van der Waals surface area contributed by atoms with E-state index in [2.05, 4.69) is 13.8 Å². The molecule has 2 heteroatoms. The maximum absolute atomic E-state index is 10.1. The number of carbonyl (C=O) groups excluding carboxylic acids is 1. The van der Waals surface area contributed by atoms with E-state index in [0.717, 1.165) is 0 Å². The molecule has 0 rings (SSSR count). The van der Waals surface area contributed by atoms with E-state index >= 15 is 0 Å². The van der Waals surface area contributed by atoms with E-state index < -0.39 is 0 Å². The minimum Gasteiger partial charge on any atom is -0.336 e. The topological polar surface area (TPSA) is 17.1 Å². The third kappa shape index (κ3) is 6.72. The Bertz CT molecular complexity index is 46.0. The van der Waals surface area contributed by atoms with Crippen LogP contribution in [0.5, 0.6) is 0 Å². The molecule has 0 aliphatic rings. The predicted molar refractivity (Wildman–Crippen MR) is 25.0 cm³/mol. The van der Waals surface area contributed by atoms with Gasteiger partial charge in [-0.15, -0.1) is 12.8 Å². The van der Waals surface area contributed by atoms with E-state index in [1.165, 1.54) is 0 Å². The number of ketones is 1. The molecule has 0 aliphatic carbocycles. The molecule has 0 unspecified atom stereocenters. The second-order valence-electron chi connectivity index (χ2n) is 1.04. The first-order valence-electron chi connectivity index (χ1n) is 1.91. The van der Waals surface area contributed by atoms with Crippen molar-refractivity contribution in [2.45, 2.75) is 12.8 Å². The minimum atomic E-state index is 0. The molecule has 0 radical (unpaired) electrons. The zero-order chi connectivity index (χ0) is 4.99. The number of hydrogen-bond acceptors (Lipinski definition) is 1. The summed E-state index contributed by atoms with van der Waals surface area (Å²) >= 11 is 0. The van der Waals surface area contributed by atoms with Gasteiger partial charge in [0.15, 0.2) is 0 Å². The van der Waals surface area contributed by atoms with E-state index in [1.807, 2.05) is 0 Å². The van der Waals surface area contributed by atoms with E-state index in [4.69, 9.17) is 0 Å². The van der Waals surface area contributed by atoms with Gasteiger partial charge in [0.25, 0.3) is 0 Å². The first-order chi connectivity index (χ1) is 2.81. The quantitative estimate of drug-likeness (QED) is 0.694. The Kier molecular flexibility index (Phi) is 10.2. The summed E-state index contributed by atoms with van der Waals surface area (Å²) in [6.07, 6.45) is 0.757. The van der Waals surface area contributed by atoms with Crippen molar-refractivity contribution in [3.8, 4) is 0 Å². The maximum atomic E-state index is 10.1. The van der Waals surface area contributed by atoms with Crippen molar-refractivity contribution in [1.29, 1.82) is 0 Å². The molecule has 0 bridgehead atoms. The van der Waals surface area contributed by atoms with Crippen LogP contribution in [0.1, 0.15) is 12.8 Å². The summed E-state index contributed by atoms with van der Waals surface area (Å²) in [6, 6.07) is 0. The summed E-state index contributed by atoms with van der Waals surface area (Å²) < 4.78 is 0. The van der Waals surface area contributed by atoms with Crippen molar-refractivity contribution < 1.29 is 35.9 Å². The van der Waals surface area contributed by atoms with Gasteiger partial charge in [-0.3, -0.25) is 0 Å². The molecule has 0 aromatic carbocycles. The Morgan fingerprint density at radius 1 is 1.29 bits per heavy atom. The third-order valence-corrected chi connectivity index (χ3v) is 0.558. The monoisotopic (exact) mass is 322 g/mol. The van der Waals surface area contributed by atoms with E-state index in [9.17, 15) is 4.79 Å². The smallest absolute Gasteiger partial charge is 0.336 e. The molecule has 0 aromatic rings. The molecule has 0 saturated heterocycles. The molecule has 38 valence electrons. The zero-order valence-corrected chi connectivity index (χ0v) is 8.40. The van der Waals surface area contributed by atoms with Gasteiger partial charge in [-0.1, -0.05) is 0 Å². The molecule has 1 nitrogen and oxygen atoms in total. The van der Waals surface area contributed by atoms with Crippen molar-refractivity contribution in [2.75, 3.05) is 0 Å². The normalized spacial score (nSPS) is 7.14. The van der Waals surface area contributed by atoms with E-state index in [-0.39, 0.29) is 36.9 Å². The van der Waals surface area contributed by atoms with Gasteiger partial charge in [0.05, 0.1) is 5.78 Å². The molecule has 0 N–H and O–H groups in total. The Balaban J connectivity index is 0. The Morgan fingerprint density at radius 3 is 1.57 bits per heavy atom. The van der Waals surface area contributed by atoms with Gasteiger partial charge in [0.2, 0.25) is 0 Å². The van der Waals surface area contributed by atoms with Crippen LogP contribution in [0.2, 0.25) is 0 Å². The minimum absolute atomic E-state index is 0. The summed E-state index contributed by atoms with van der Waals surface area (Å²) in [4.78, 5) is 10.1. The zero-order valence-electron chi connectivity index (χ0n) is 4.24. The number of rotatable bonds is 2. The molecular weight excluding hydrogens is 314 g/mol. The maximum Gasteiger partial charge on any atom is 2.00 e. The van der Waals surface area contributed by atoms with Crippen LogP contribution in [0.25, 0.3) is 0 Å². The van der Waals surface area contributed by atoms with Crippen molar-refractivity contribution in [3.63, 3.8) is 0 Å². The molecule has 0 aromatic heterocycles. The van der Waals surface area contributed by atoms with Crippen molar-refractivity contribution in [3.05, 3.63) is 13.8 Å². The average Bonchev–Trinajstić information content (AvgIpc) is 1.65. The van der Waals surface area contributed by atoms with Crippen LogP contribution in [0, 0.1) is 45.0 Å². The molecule has 0 aliphatic heterocycles. The van der Waals surface area contributed by atoms with Gasteiger partial charge in [-0.25, -0.2) is 0 Å². The molecule has 0 spiro atoms. The SMILES string of the molecule is [CH2-]CC(=O)C[CH2-].[U+2]. The standard InChI is InChI=1S/C5H8O.U/c1-3-5(6)4-2;/h1-4H2;/q-2;+2. The fourth-order valence-corrected chi connectivity index (χ4v) is 0.125. The fourth-order valence-electron chi connectivity index (χ4n) is 0.125. The van der Waals surface area contributed by atoms with Crippen LogP contribution in [0.4, 0.5) is 0 Å². The summed E-state index contributed by atoms with van der Waals surface area (Å²) in [5.41, 5.74) is 0. The van der Waals surface area contributed by atoms with Gasteiger partial charge in [0.1, 0.15) is 0 Å². The first-order valence-corrected chi connectivity index (χ1v) is 1.91. The largest absolute Gasteiger partial charge is 2.00 e.